The molecule has 116 valence electrons. The van der Waals surface area contributed by atoms with E-state index in [4.69, 9.17) is 4.42 Å². The molecule has 0 saturated carbocycles. The second-order valence-corrected chi connectivity index (χ2v) is 7.07. The Hall–Kier alpha value is -1.96. The summed E-state index contributed by atoms with van der Waals surface area (Å²) in [5.41, 5.74) is 1.05. The molecule has 0 fully saturated rings. The number of halogens is 1. The van der Waals surface area contributed by atoms with Gasteiger partial charge in [0.25, 0.3) is 0 Å². The second kappa shape index (κ2) is 6.27. The van der Waals surface area contributed by atoms with Gasteiger partial charge in [-0.1, -0.05) is 39.4 Å². The van der Waals surface area contributed by atoms with Crippen molar-refractivity contribution in [1.29, 1.82) is 0 Å². The van der Waals surface area contributed by atoms with Crippen molar-refractivity contribution in [3.8, 4) is 11.4 Å². The maximum absolute atomic E-state index is 5.31. The van der Waals surface area contributed by atoms with Crippen LogP contribution in [0.4, 0.5) is 0 Å². The average Bonchev–Trinajstić information content (AvgIpc) is 3.25. The lowest BCUT2D eigenvalue weighted by Crippen LogP contribution is -2.11. The number of nitrogens with zero attached hydrogens (tertiary/aromatic N) is 3. The highest BCUT2D eigenvalue weighted by Gasteiger charge is 2.11. The molecule has 0 bridgehead atoms. The number of hydrogen-bond acceptors (Lipinski definition) is 5. The highest BCUT2D eigenvalue weighted by Crippen LogP contribution is 2.25. The maximum atomic E-state index is 5.31. The van der Waals surface area contributed by atoms with Crippen LogP contribution in [0.5, 0.6) is 0 Å². The summed E-state index contributed by atoms with van der Waals surface area (Å²) in [5, 5.41) is 11.9. The number of furan rings is 1. The number of thiazole rings is 1. The van der Waals surface area contributed by atoms with Crippen LogP contribution in [0.3, 0.4) is 0 Å². The molecule has 23 heavy (non-hydrogen) atoms. The predicted molar refractivity (Wildman–Crippen MR) is 93.3 cm³/mol. The van der Waals surface area contributed by atoms with Gasteiger partial charge in [-0.2, -0.15) is 0 Å². The van der Waals surface area contributed by atoms with E-state index in [0.717, 1.165) is 33.1 Å². The molecule has 3 aromatic heterocycles. The standard InChI is InChI=1S/C16H13BrN4OS/c17-12-5-3-11(4-6-12)15-19-20-16-21(15)10-14(23-16)9-18-8-13-2-1-7-22-13/h1-7,10,18H,8-9H2. The van der Waals surface area contributed by atoms with E-state index in [0.29, 0.717) is 6.54 Å². The van der Waals surface area contributed by atoms with Crippen LogP contribution in [0, 0.1) is 0 Å². The number of nitrogens with one attached hydrogen (secondary N) is 1. The van der Waals surface area contributed by atoms with E-state index in [1.807, 2.05) is 40.8 Å². The lowest BCUT2D eigenvalue weighted by Gasteiger charge is -2.00. The average molecular weight is 389 g/mol. The minimum atomic E-state index is 0.713. The lowest BCUT2D eigenvalue weighted by molar-refractivity contribution is 0.483. The Labute approximate surface area is 145 Å². The van der Waals surface area contributed by atoms with Crippen LogP contribution < -0.4 is 5.32 Å². The molecular weight excluding hydrogens is 376 g/mol. The Morgan fingerprint density at radius 1 is 1.13 bits per heavy atom. The molecule has 4 rings (SSSR count). The number of hydrogen-bond donors (Lipinski definition) is 1. The normalized spacial score (nSPS) is 11.3. The van der Waals surface area contributed by atoms with Crippen molar-refractivity contribution in [3.63, 3.8) is 0 Å². The molecule has 1 N–H and O–H groups in total. The highest BCUT2D eigenvalue weighted by atomic mass is 79.9. The van der Waals surface area contributed by atoms with Crippen molar-refractivity contribution >= 4 is 32.2 Å². The third-order valence-electron chi connectivity index (χ3n) is 3.44. The summed E-state index contributed by atoms with van der Waals surface area (Å²) in [6, 6.07) is 11.9. The van der Waals surface area contributed by atoms with Crippen LogP contribution in [0.25, 0.3) is 16.3 Å². The topological polar surface area (TPSA) is 55.4 Å². The molecule has 7 heteroatoms. The van der Waals surface area contributed by atoms with Gasteiger partial charge in [0, 0.05) is 27.7 Å². The molecular formula is C16H13BrN4OS. The Bertz CT molecular complexity index is 912. The fourth-order valence-corrected chi connectivity index (χ4v) is 3.50. The predicted octanol–water partition coefficient (Wildman–Crippen LogP) is 4.10. The van der Waals surface area contributed by atoms with Crippen LogP contribution in [0.1, 0.15) is 10.6 Å². The van der Waals surface area contributed by atoms with E-state index in [-0.39, 0.29) is 0 Å². The Kier molecular flexibility index (Phi) is 3.99. The number of benzene rings is 1. The van der Waals surface area contributed by atoms with Gasteiger partial charge in [-0.15, -0.1) is 10.2 Å². The third-order valence-corrected chi connectivity index (χ3v) is 4.94. The Morgan fingerprint density at radius 2 is 2.00 bits per heavy atom. The zero-order valence-corrected chi connectivity index (χ0v) is 14.5. The minimum absolute atomic E-state index is 0.713. The van der Waals surface area contributed by atoms with Crippen LogP contribution in [-0.2, 0) is 13.1 Å². The van der Waals surface area contributed by atoms with Gasteiger partial charge >= 0.3 is 0 Å². The molecule has 5 nitrogen and oxygen atoms in total. The van der Waals surface area contributed by atoms with E-state index >= 15 is 0 Å². The van der Waals surface area contributed by atoms with Crippen molar-refractivity contribution in [2.45, 2.75) is 13.1 Å². The zero-order chi connectivity index (χ0) is 15.6. The van der Waals surface area contributed by atoms with Crippen molar-refractivity contribution in [2.75, 3.05) is 0 Å². The Balaban J connectivity index is 1.53. The van der Waals surface area contributed by atoms with Crippen molar-refractivity contribution < 1.29 is 4.42 Å². The summed E-state index contributed by atoms with van der Waals surface area (Å²) in [4.78, 5) is 2.11. The molecule has 0 radical (unpaired) electrons. The lowest BCUT2D eigenvalue weighted by atomic mass is 10.2. The molecule has 0 atom stereocenters. The fraction of sp³-hybridized carbons (Fsp3) is 0.125. The van der Waals surface area contributed by atoms with Crippen LogP contribution in [0.2, 0.25) is 0 Å². The number of aromatic nitrogens is 3. The molecule has 1 aromatic carbocycles. The molecule has 0 unspecified atom stereocenters. The summed E-state index contributed by atoms with van der Waals surface area (Å²) < 4.78 is 8.40. The van der Waals surface area contributed by atoms with E-state index in [2.05, 4.69) is 37.6 Å². The SMILES string of the molecule is Brc1ccc(-c2nnc3sc(CNCc4ccco4)cn23)cc1. The van der Waals surface area contributed by atoms with E-state index in [1.54, 1.807) is 17.6 Å². The smallest absolute Gasteiger partial charge is 0.216 e. The second-order valence-electron chi connectivity index (χ2n) is 5.06. The first-order valence-electron chi connectivity index (χ1n) is 7.12. The summed E-state index contributed by atoms with van der Waals surface area (Å²) >= 11 is 5.09. The highest BCUT2D eigenvalue weighted by molar-refractivity contribution is 9.10. The van der Waals surface area contributed by atoms with Gasteiger partial charge in [-0.3, -0.25) is 4.40 Å². The molecule has 4 aromatic rings. The fourth-order valence-electron chi connectivity index (χ4n) is 2.35. The van der Waals surface area contributed by atoms with Crippen LogP contribution in [0.15, 0.2) is 57.7 Å². The van der Waals surface area contributed by atoms with Crippen LogP contribution in [-0.4, -0.2) is 14.6 Å². The largest absolute Gasteiger partial charge is 0.468 e. The quantitative estimate of drug-likeness (QED) is 0.558. The zero-order valence-electron chi connectivity index (χ0n) is 12.1. The van der Waals surface area contributed by atoms with Gasteiger partial charge in [0.2, 0.25) is 4.96 Å². The first-order valence-corrected chi connectivity index (χ1v) is 8.73. The maximum Gasteiger partial charge on any atom is 0.216 e. The van der Waals surface area contributed by atoms with Gasteiger partial charge in [-0.05, 0) is 24.3 Å². The van der Waals surface area contributed by atoms with Gasteiger partial charge in [0.1, 0.15) is 5.76 Å². The molecule has 3 heterocycles. The van der Waals surface area contributed by atoms with E-state index in [1.165, 1.54) is 4.88 Å². The molecule has 0 aliphatic carbocycles. The van der Waals surface area contributed by atoms with Gasteiger partial charge in [-0.25, -0.2) is 0 Å². The van der Waals surface area contributed by atoms with Gasteiger partial charge < -0.3 is 9.73 Å². The molecule has 0 aliphatic heterocycles. The summed E-state index contributed by atoms with van der Waals surface area (Å²) in [6.45, 7) is 1.49. The van der Waals surface area contributed by atoms with E-state index < -0.39 is 0 Å². The number of fused-ring (bicyclic) bond motifs is 1. The summed E-state index contributed by atoms with van der Waals surface area (Å²) in [5.74, 6) is 1.80. The van der Waals surface area contributed by atoms with Gasteiger partial charge in [0.15, 0.2) is 5.82 Å². The van der Waals surface area contributed by atoms with Crippen molar-refractivity contribution in [3.05, 3.63) is 64.0 Å². The monoisotopic (exact) mass is 388 g/mol. The van der Waals surface area contributed by atoms with Crippen LogP contribution >= 0.6 is 27.3 Å². The van der Waals surface area contributed by atoms with Crippen molar-refractivity contribution in [1.82, 2.24) is 19.9 Å². The first kappa shape index (κ1) is 14.6. The Morgan fingerprint density at radius 3 is 2.78 bits per heavy atom. The number of rotatable bonds is 5. The van der Waals surface area contributed by atoms with Crippen molar-refractivity contribution in [2.24, 2.45) is 0 Å². The van der Waals surface area contributed by atoms with Gasteiger partial charge in [0.05, 0.1) is 12.8 Å². The minimum Gasteiger partial charge on any atom is -0.468 e. The molecule has 0 aliphatic rings. The summed E-state index contributed by atoms with van der Waals surface area (Å²) in [7, 11) is 0. The first-order chi connectivity index (χ1) is 11.3. The molecule has 0 saturated heterocycles. The molecule has 0 spiro atoms. The summed E-state index contributed by atoms with van der Waals surface area (Å²) in [6.07, 6.45) is 3.78. The molecule has 0 amide bonds. The third kappa shape index (κ3) is 3.08. The van der Waals surface area contributed by atoms with E-state index in [9.17, 15) is 0 Å².